The first kappa shape index (κ1) is 20.1. The summed E-state index contributed by atoms with van der Waals surface area (Å²) in [5, 5.41) is 15.1. The number of benzene rings is 2. The molecule has 0 radical (unpaired) electrons. The molecule has 2 amide bonds. The molecule has 1 aliphatic heterocycles. The molecule has 1 heterocycles. The van der Waals surface area contributed by atoms with Crippen molar-refractivity contribution in [2.24, 2.45) is 0 Å². The monoisotopic (exact) mass is 459 g/mol. The lowest BCUT2D eigenvalue weighted by Crippen LogP contribution is -2.31. The van der Waals surface area contributed by atoms with E-state index in [0.29, 0.717) is 15.1 Å². The molecule has 0 aromatic heterocycles. The lowest BCUT2D eigenvalue weighted by molar-refractivity contribution is -0.121. The molecule has 142 valence electrons. The lowest BCUT2D eigenvalue weighted by atomic mass is 9.87. The van der Waals surface area contributed by atoms with E-state index in [9.17, 15) is 19.2 Å². The number of hydrogen-bond donors (Lipinski definition) is 2. The van der Waals surface area contributed by atoms with Gasteiger partial charge in [0.1, 0.15) is 5.82 Å². The number of thioether (sulfide) groups is 1. The number of nitriles is 1. The molecule has 0 saturated carbocycles. The Morgan fingerprint density at radius 3 is 2.75 bits per heavy atom. The molecule has 0 aliphatic carbocycles. The van der Waals surface area contributed by atoms with Crippen LogP contribution in [0.15, 0.2) is 63.6 Å². The van der Waals surface area contributed by atoms with Crippen LogP contribution in [0.2, 0.25) is 0 Å². The fourth-order valence-electron chi connectivity index (χ4n) is 2.82. The molecule has 0 bridgehead atoms. The maximum atomic E-state index is 13.9. The van der Waals surface area contributed by atoms with Crippen LogP contribution >= 0.6 is 27.7 Å². The Balaban J connectivity index is 1.74. The Labute approximate surface area is 174 Å². The second-order valence-corrected chi connectivity index (χ2v) is 7.93. The van der Waals surface area contributed by atoms with Gasteiger partial charge in [0.25, 0.3) is 0 Å². The van der Waals surface area contributed by atoms with Crippen LogP contribution < -0.4 is 10.6 Å². The molecule has 28 heavy (non-hydrogen) atoms. The average molecular weight is 460 g/mol. The summed E-state index contributed by atoms with van der Waals surface area (Å²) in [7, 11) is 0. The Morgan fingerprint density at radius 1 is 1.32 bits per heavy atom. The van der Waals surface area contributed by atoms with Gasteiger partial charge in [-0.25, -0.2) is 4.39 Å². The van der Waals surface area contributed by atoms with E-state index in [1.54, 1.807) is 6.07 Å². The zero-order valence-corrected chi connectivity index (χ0v) is 16.9. The fraction of sp³-hybridized carbons (Fsp3) is 0.150. The van der Waals surface area contributed by atoms with E-state index >= 15 is 0 Å². The van der Waals surface area contributed by atoms with Crippen LogP contribution in [0.5, 0.6) is 0 Å². The van der Waals surface area contributed by atoms with Crippen molar-refractivity contribution in [3.8, 4) is 6.07 Å². The number of hydrogen-bond acceptors (Lipinski definition) is 4. The van der Waals surface area contributed by atoms with Crippen LogP contribution in [0.1, 0.15) is 17.9 Å². The number of anilines is 1. The molecular weight excluding hydrogens is 445 g/mol. The molecule has 2 aromatic carbocycles. The molecule has 1 aliphatic rings. The third-order valence-corrected chi connectivity index (χ3v) is 5.62. The van der Waals surface area contributed by atoms with E-state index in [2.05, 4.69) is 32.6 Å². The maximum Gasteiger partial charge on any atom is 0.234 e. The molecule has 5 nitrogen and oxygen atoms in total. The van der Waals surface area contributed by atoms with Crippen LogP contribution in [-0.2, 0) is 9.59 Å². The molecular formula is C20H15BrFN3O2S. The number of nitrogens with one attached hydrogen (secondary N) is 2. The van der Waals surface area contributed by atoms with Gasteiger partial charge in [-0.2, -0.15) is 5.26 Å². The Bertz CT molecular complexity index is 989. The summed E-state index contributed by atoms with van der Waals surface area (Å²) in [5.74, 6) is -1.63. The first-order valence-corrected chi connectivity index (χ1v) is 10.1. The van der Waals surface area contributed by atoms with Gasteiger partial charge in [0, 0.05) is 16.8 Å². The molecule has 0 saturated heterocycles. The van der Waals surface area contributed by atoms with E-state index in [-0.39, 0.29) is 29.7 Å². The van der Waals surface area contributed by atoms with Crippen LogP contribution in [0.25, 0.3) is 0 Å². The maximum absolute atomic E-state index is 13.9. The minimum absolute atomic E-state index is 0.0677. The minimum atomic E-state index is -0.556. The average Bonchev–Trinajstić information content (AvgIpc) is 2.68. The quantitative estimate of drug-likeness (QED) is 0.698. The van der Waals surface area contributed by atoms with Gasteiger partial charge in [0.2, 0.25) is 11.8 Å². The molecule has 1 atom stereocenters. The summed E-state index contributed by atoms with van der Waals surface area (Å²) in [5.41, 5.74) is 1.35. The van der Waals surface area contributed by atoms with E-state index in [0.717, 1.165) is 17.3 Å². The van der Waals surface area contributed by atoms with Crippen LogP contribution in [0.4, 0.5) is 10.1 Å². The largest absolute Gasteiger partial charge is 0.323 e. The van der Waals surface area contributed by atoms with Crippen molar-refractivity contribution >= 4 is 45.2 Å². The van der Waals surface area contributed by atoms with E-state index < -0.39 is 11.7 Å². The normalized spacial score (nSPS) is 16.3. The van der Waals surface area contributed by atoms with Gasteiger partial charge >= 0.3 is 0 Å². The predicted octanol–water partition coefficient (Wildman–Crippen LogP) is 4.30. The van der Waals surface area contributed by atoms with Crippen LogP contribution in [0, 0.1) is 17.1 Å². The van der Waals surface area contributed by atoms with Gasteiger partial charge in [0.05, 0.1) is 28.1 Å². The van der Waals surface area contributed by atoms with Gasteiger partial charge in [-0.3, -0.25) is 9.59 Å². The van der Waals surface area contributed by atoms with Gasteiger partial charge in [-0.1, -0.05) is 58.0 Å². The first-order chi connectivity index (χ1) is 13.5. The van der Waals surface area contributed by atoms with Crippen molar-refractivity contribution < 1.29 is 14.0 Å². The topological polar surface area (TPSA) is 82.0 Å². The molecule has 0 unspecified atom stereocenters. The highest BCUT2D eigenvalue weighted by Crippen LogP contribution is 2.35. The van der Waals surface area contributed by atoms with Crippen molar-refractivity contribution in [2.45, 2.75) is 12.3 Å². The summed E-state index contributed by atoms with van der Waals surface area (Å²) >= 11 is 4.21. The lowest BCUT2D eigenvalue weighted by Gasteiger charge is -2.25. The molecule has 2 N–H and O–H groups in total. The SMILES string of the molecule is N#CC1=C(SCC(=O)Nc2ccc(Br)cc2F)NC(=O)C[C@H]1c1ccccc1. The van der Waals surface area contributed by atoms with Crippen molar-refractivity contribution in [1.29, 1.82) is 5.26 Å². The van der Waals surface area contributed by atoms with Gasteiger partial charge in [-0.15, -0.1) is 0 Å². The number of carbonyl (C=O) groups is 2. The first-order valence-electron chi connectivity index (χ1n) is 8.34. The third kappa shape index (κ3) is 4.80. The Morgan fingerprint density at radius 2 is 2.07 bits per heavy atom. The summed E-state index contributed by atoms with van der Waals surface area (Å²) < 4.78 is 14.4. The Hall–Kier alpha value is -2.63. The standard InChI is InChI=1S/C20H15BrFN3O2S/c21-13-6-7-17(16(22)8-13)24-19(27)11-28-20-15(10-23)14(9-18(26)25-20)12-4-2-1-3-5-12/h1-8,14H,9,11H2,(H,24,27)(H,25,26)/t14-/m0/s1. The van der Waals surface area contributed by atoms with Crippen molar-refractivity contribution in [3.05, 3.63) is 75.0 Å². The van der Waals surface area contributed by atoms with Crippen molar-refractivity contribution in [2.75, 3.05) is 11.1 Å². The fourth-order valence-corrected chi connectivity index (χ4v) is 4.03. The summed E-state index contributed by atoms with van der Waals surface area (Å²) in [4.78, 5) is 24.3. The molecule has 0 spiro atoms. The van der Waals surface area contributed by atoms with Gasteiger partial charge in [-0.05, 0) is 23.8 Å². The van der Waals surface area contributed by atoms with Crippen LogP contribution in [0.3, 0.4) is 0 Å². The second kappa shape index (κ2) is 9.04. The van der Waals surface area contributed by atoms with E-state index in [4.69, 9.17) is 0 Å². The van der Waals surface area contributed by atoms with Gasteiger partial charge in [0.15, 0.2) is 0 Å². The zero-order chi connectivity index (χ0) is 20.1. The molecule has 0 fully saturated rings. The number of nitrogens with zero attached hydrogens (tertiary/aromatic N) is 1. The summed E-state index contributed by atoms with van der Waals surface area (Å²) in [6.07, 6.45) is 0.174. The number of halogens is 2. The number of rotatable bonds is 5. The molecule has 8 heteroatoms. The van der Waals surface area contributed by atoms with E-state index in [1.807, 2.05) is 30.3 Å². The summed E-state index contributed by atoms with van der Waals surface area (Å²) in [6, 6.07) is 15.8. The van der Waals surface area contributed by atoms with Gasteiger partial charge < -0.3 is 10.6 Å². The van der Waals surface area contributed by atoms with Crippen molar-refractivity contribution in [3.63, 3.8) is 0 Å². The number of allylic oxidation sites excluding steroid dienone is 1. The van der Waals surface area contributed by atoms with Crippen molar-refractivity contribution in [1.82, 2.24) is 5.32 Å². The highest BCUT2D eigenvalue weighted by atomic mass is 79.9. The molecule has 2 aromatic rings. The highest BCUT2D eigenvalue weighted by Gasteiger charge is 2.29. The predicted molar refractivity (Wildman–Crippen MR) is 110 cm³/mol. The molecule has 3 rings (SSSR count). The number of carbonyl (C=O) groups excluding carboxylic acids is 2. The highest BCUT2D eigenvalue weighted by molar-refractivity contribution is 9.10. The van der Waals surface area contributed by atoms with Crippen LogP contribution in [-0.4, -0.2) is 17.6 Å². The zero-order valence-electron chi connectivity index (χ0n) is 14.5. The van der Waals surface area contributed by atoms with E-state index in [1.165, 1.54) is 12.1 Å². The second-order valence-electron chi connectivity index (χ2n) is 6.03. The third-order valence-electron chi connectivity index (χ3n) is 4.11. The Kier molecular flexibility index (Phi) is 6.49. The summed E-state index contributed by atoms with van der Waals surface area (Å²) in [6.45, 7) is 0. The number of amides is 2. The minimum Gasteiger partial charge on any atom is -0.323 e. The smallest absolute Gasteiger partial charge is 0.234 e.